The molecule has 0 aromatic heterocycles. The summed E-state index contributed by atoms with van der Waals surface area (Å²) in [5, 5.41) is 6.49. The van der Waals surface area contributed by atoms with Crippen molar-refractivity contribution in [3.05, 3.63) is 35.9 Å². The van der Waals surface area contributed by atoms with Gasteiger partial charge in [-0.2, -0.15) is 0 Å². The maximum atomic E-state index is 11.6. The molecule has 1 amide bonds. The molecule has 0 aliphatic heterocycles. The first-order chi connectivity index (χ1) is 10.4. The van der Waals surface area contributed by atoms with Gasteiger partial charge in [-0.3, -0.25) is 4.79 Å². The van der Waals surface area contributed by atoms with E-state index in [-0.39, 0.29) is 17.9 Å². The number of likely N-dealkylation sites (N-methyl/N-ethyl adjacent to an activating group) is 1. The van der Waals surface area contributed by atoms with E-state index in [4.69, 9.17) is 0 Å². The van der Waals surface area contributed by atoms with Crippen LogP contribution < -0.4 is 10.6 Å². The van der Waals surface area contributed by atoms with Crippen LogP contribution in [0.15, 0.2) is 35.3 Å². The smallest absolute Gasteiger partial charge is 0.243 e. The van der Waals surface area contributed by atoms with Gasteiger partial charge in [-0.25, -0.2) is 4.99 Å². The molecule has 122 valence electrons. The Kier molecular flexibility index (Phi) is 6.89. The fourth-order valence-corrected chi connectivity index (χ4v) is 1.93. The Bertz CT molecular complexity index is 495. The minimum Gasteiger partial charge on any atom is -0.357 e. The molecule has 0 unspecified atom stereocenters. The summed E-state index contributed by atoms with van der Waals surface area (Å²) in [6, 6.07) is 10.4. The molecule has 5 nitrogen and oxygen atoms in total. The summed E-state index contributed by atoms with van der Waals surface area (Å²) in [5.41, 5.74) is 1.24. The lowest BCUT2D eigenvalue weighted by Gasteiger charge is -2.26. The number of nitrogens with zero attached hydrogens (tertiary/aromatic N) is 2. The lowest BCUT2D eigenvalue weighted by Crippen LogP contribution is -2.44. The number of hydrogen-bond donors (Lipinski definition) is 2. The molecule has 2 N–H and O–H groups in total. The summed E-state index contributed by atoms with van der Waals surface area (Å²) in [6.07, 6.45) is 0. The average molecular weight is 304 g/mol. The topological polar surface area (TPSA) is 56.7 Å². The zero-order valence-electron chi connectivity index (χ0n) is 14.3. The first-order valence-electron chi connectivity index (χ1n) is 7.64. The van der Waals surface area contributed by atoms with Gasteiger partial charge in [0.2, 0.25) is 5.91 Å². The molecule has 1 rings (SSSR count). The van der Waals surface area contributed by atoms with Crippen molar-refractivity contribution < 1.29 is 4.79 Å². The number of guanidine groups is 1. The lowest BCUT2D eigenvalue weighted by atomic mass is 9.85. The minimum absolute atomic E-state index is 0.0143. The van der Waals surface area contributed by atoms with Crippen molar-refractivity contribution >= 4 is 11.9 Å². The highest BCUT2D eigenvalue weighted by Crippen LogP contribution is 2.21. The van der Waals surface area contributed by atoms with Gasteiger partial charge in [-0.1, -0.05) is 44.2 Å². The zero-order chi connectivity index (χ0) is 16.6. The first kappa shape index (κ1) is 18.0. The molecule has 0 radical (unpaired) electrons. The summed E-state index contributed by atoms with van der Waals surface area (Å²) in [6.45, 7) is 8.02. The van der Waals surface area contributed by atoms with Crippen LogP contribution in [0, 0.1) is 0 Å². The minimum atomic E-state index is -0.0248. The number of amides is 1. The van der Waals surface area contributed by atoms with Gasteiger partial charge in [-0.15, -0.1) is 0 Å². The van der Waals surface area contributed by atoms with E-state index in [2.05, 4.69) is 41.6 Å². The van der Waals surface area contributed by atoms with Crippen LogP contribution in [0.4, 0.5) is 0 Å². The van der Waals surface area contributed by atoms with Gasteiger partial charge in [0.05, 0.1) is 0 Å². The molecule has 0 bridgehead atoms. The second kappa shape index (κ2) is 8.41. The van der Waals surface area contributed by atoms with Crippen molar-refractivity contribution in [3.63, 3.8) is 0 Å². The maximum Gasteiger partial charge on any atom is 0.243 e. The van der Waals surface area contributed by atoms with Crippen molar-refractivity contribution in [1.82, 2.24) is 15.5 Å². The van der Waals surface area contributed by atoms with Crippen LogP contribution >= 0.6 is 0 Å². The van der Waals surface area contributed by atoms with Crippen LogP contribution in [-0.2, 0) is 10.2 Å². The van der Waals surface area contributed by atoms with Crippen LogP contribution in [0.25, 0.3) is 0 Å². The molecule has 0 saturated carbocycles. The van der Waals surface area contributed by atoms with E-state index in [0.717, 1.165) is 13.1 Å². The van der Waals surface area contributed by atoms with Crippen molar-refractivity contribution in [2.45, 2.75) is 26.2 Å². The van der Waals surface area contributed by atoms with E-state index in [1.165, 1.54) is 5.56 Å². The van der Waals surface area contributed by atoms with Gasteiger partial charge >= 0.3 is 0 Å². The standard InChI is InChI=1S/C17H28N4O/c1-6-18-16(19-12-15(22)21(4)5)20-13-17(2,3)14-10-8-7-9-11-14/h7-11H,6,12-13H2,1-5H3,(H2,18,19,20). The third-order valence-electron chi connectivity index (χ3n) is 3.47. The fourth-order valence-electron chi connectivity index (χ4n) is 1.93. The average Bonchev–Trinajstić information content (AvgIpc) is 2.50. The molecular weight excluding hydrogens is 276 g/mol. The maximum absolute atomic E-state index is 11.6. The quantitative estimate of drug-likeness (QED) is 0.620. The molecule has 0 aliphatic rings. The molecule has 1 aromatic rings. The van der Waals surface area contributed by atoms with E-state index in [1.54, 1.807) is 19.0 Å². The number of hydrogen-bond acceptors (Lipinski definition) is 2. The third kappa shape index (κ3) is 5.76. The zero-order valence-corrected chi connectivity index (χ0v) is 14.3. The molecule has 22 heavy (non-hydrogen) atoms. The second-order valence-electron chi connectivity index (χ2n) is 6.09. The highest BCUT2D eigenvalue weighted by atomic mass is 16.2. The van der Waals surface area contributed by atoms with Crippen molar-refractivity contribution in [1.29, 1.82) is 0 Å². The van der Waals surface area contributed by atoms with Crippen molar-refractivity contribution in [3.8, 4) is 0 Å². The van der Waals surface area contributed by atoms with Crippen LogP contribution in [0.5, 0.6) is 0 Å². The van der Waals surface area contributed by atoms with Gasteiger partial charge in [0, 0.05) is 32.6 Å². The van der Waals surface area contributed by atoms with Crippen molar-refractivity contribution in [2.24, 2.45) is 4.99 Å². The Morgan fingerprint density at radius 1 is 1.18 bits per heavy atom. The first-order valence-corrected chi connectivity index (χ1v) is 7.64. The largest absolute Gasteiger partial charge is 0.357 e. The molecule has 0 spiro atoms. The van der Waals surface area contributed by atoms with E-state index >= 15 is 0 Å². The molecular formula is C17H28N4O. The van der Waals surface area contributed by atoms with Gasteiger partial charge in [0.1, 0.15) is 6.54 Å². The molecule has 0 fully saturated rings. The summed E-state index contributed by atoms with van der Waals surface area (Å²) in [5.74, 6) is 0.654. The second-order valence-corrected chi connectivity index (χ2v) is 6.09. The number of nitrogens with one attached hydrogen (secondary N) is 2. The summed E-state index contributed by atoms with van der Waals surface area (Å²) in [7, 11) is 3.47. The number of carbonyl (C=O) groups excluding carboxylic acids is 1. The number of carbonyl (C=O) groups is 1. The molecule has 1 aromatic carbocycles. The highest BCUT2D eigenvalue weighted by molar-refractivity contribution is 5.84. The number of aliphatic imine (C=N–C) groups is 1. The molecule has 0 aliphatic carbocycles. The Morgan fingerprint density at radius 2 is 1.82 bits per heavy atom. The summed E-state index contributed by atoms with van der Waals surface area (Å²) >= 11 is 0. The molecule has 0 atom stereocenters. The third-order valence-corrected chi connectivity index (χ3v) is 3.47. The number of rotatable bonds is 6. The summed E-state index contributed by atoms with van der Waals surface area (Å²) < 4.78 is 0. The summed E-state index contributed by atoms with van der Waals surface area (Å²) in [4.78, 5) is 17.5. The van der Waals surface area contributed by atoms with Crippen LogP contribution in [0.3, 0.4) is 0 Å². The van der Waals surface area contributed by atoms with Gasteiger partial charge < -0.3 is 15.5 Å². The van der Waals surface area contributed by atoms with Gasteiger partial charge in [-0.05, 0) is 12.5 Å². The van der Waals surface area contributed by atoms with Crippen LogP contribution in [-0.4, -0.2) is 50.5 Å². The SMILES string of the molecule is CCNC(=NCC(=O)N(C)C)NCC(C)(C)c1ccccc1. The Balaban J connectivity index is 2.67. The highest BCUT2D eigenvalue weighted by Gasteiger charge is 2.20. The fraction of sp³-hybridized carbons (Fsp3) is 0.529. The van der Waals surface area contributed by atoms with Crippen molar-refractivity contribution in [2.75, 3.05) is 33.7 Å². The van der Waals surface area contributed by atoms with E-state index in [9.17, 15) is 4.79 Å². The normalized spacial score (nSPS) is 12.0. The van der Waals surface area contributed by atoms with Gasteiger partial charge in [0.25, 0.3) is 0 Å². The van der Waals surface area contributed by atoms with E-state index < -0.39 is 0 Å². The predicted molar refractivity (Wildman–Crippen MR) is 92.1 cm³/mol. The molecule has 5 heteroatoms. The van der Waals surface area contributed by atoms with Crippen LogP contribution in [0.1, 0.15) is 26.3 Å². The predicted octanol–water partition coefficient (Wildman–Crippen LogP) is 1.61. The van der Waals surface area contributed by atoms with E-state index in [0.29, 0.717) is 5.96 Å². The Labute approximate surface area is 133 Å². The van der Waals surface area contributed by atoms with Gasteiger partial charge in [0.15, 0.2) is 5.96 Å². The van der Waals surface area contributed by atoms with E-state index in [1.807, 2.05) is 25.1 Å². The molecule has 0 saturated heterocycles. The lowest BCUT2D eigenvalue weighted by molar-refractivity contribution is -0.127. The Morgan fingerprint density at radius 3 is 2.36 bits per heavy atom. The number of benzene rings is 1. The monoisotopic (exact) mass is 304 g/mol. The Hall–Kier alpha value is -2.04. The van der Waals surface area contributed by atoms with Crippen LogP contribution in [0.2, 0.25) is 0 Å². The molecule has 0 heterocycles.